The van der Waals surface area contributed by atoms with Crippen LogP contribution in [0.25, 0.3) is 0 Å². The molecule has 6 aliphatic rings. The lowest BCUT2D eigenvalue weighted by Crippen LogP contribution is -2.69. The summed E-state index contributed by atoms with van der Waals surface area (Å²) in [5.74, 6) is -0.282. The SMILES string of the molecule is C[C@@H]1O[C@@H](O[C@@H]2CC[C@]3(C=NCC#N)[C@H]4CC[C@]5(C)[C@@H](C6=CC(=O)OC6)CC[C@@]5(O)[C@@H]4CC[C@]3(O)C2)C[C@@H](O)[C@H]1O. The summed E-state index contributed by atoms with van der Waals surface area (Å²) >= 11 is 0. The number of aliphatic hydroxyl groups is 4. The summed E-state index contributed by atoms with van der Waals surface area (Å²) in [6, 6.07) is 2.09. The molecule has 0 amide bonds. The van der Waals surface area contributed by atoms with Gasteiger partial charge in [0.15, 0.2) is 6.29 Å². The number of aliphatic imine (C=N–C) groups is 1. The molecule has 0 aromatic heterocycles. The minimum atomic E-state index is -1.13. The van der Waals surface area contributed by atoms with Gasteiger partial charge in [0.25, 0.3) is 0 Å². The number of fused-ring (bicyclic) bond motifs is 5. The Morgan fingerprint density at radius 2 is 1.93 bits per heavy atom. The minimum Gasteiger partial charge on any atom is -0.458 e. The van der Waals surface area contributed by atoms with Gasteiger partial charge in [0.1, 0.15) is 19.3 Å². The van der Waals surface area contributed by atoms with Crippen molar-refractivity contribution in [3.8, 4) is 6.07 Å². The van der Waals surface area contributed by atoms with Gasteiger partial charge in [-0.1, -0.05) is 6.92 Å². The van der Waals surface area contributed by atoms with E-state index in [1.165, 1.54) is 0 Å². The van der Waals surface area contributed by atoms with Crippen molar-refractivity contribution in [2.24, 2.45) is 33.6 Å². The van der Waals surface area contributed by atoms with Gasteiger partial charge in [-0.15, -0.1) is 0 Å². The average molecular weight is 573 g/mol. The van der Waals surface area contributed by atoms with Crippen molar-refractivity contribution in [2.45, 2.75) is 120 Å². The fourth-order valence-corrected chi connectivity index (χ4v) is 10.0. The van der Waals surface area contributed by atoms with Crippen LogP contribution in [0.2, 0.25) is 0 Å². The van der Waals surface area contributed by atoms with Crippen LogP contribution in [0.4, 0.5) is 0 Å². The molecule has 0 spiro atoms. The molecule has 10 heteroatoms. The standard InChI is InChI=1S/C31H44N2O8/c1-18-27(36)24(34)14-26(40-18)41-20-3-8-29(17-33-12-11-32)22-4-7-28(2)21(19-13-25(35)39-16-19)6-10-31(28,38)23(22)5-9-30(29,37)15-20/h13,17-18,20-24,26-27,34,36-38H,3-10,12,14-16H2,1-2H3/t18-,20+,21+,22-,23+,24+,26-,27-,28+,29-,30-,31+/m0/s1. The second-order valence-electron chi connectivity index (χ2n) is 13.8. The quantitative estimate of drug-likeness (QED) is 0.167. The van der Waals surface area contributed by atoms with Crippen molar-refractivity contribution in [3.63, 3.8) is 0 Å². The fraction of sp³-hybridized carbons (Fsp3) is 0.839. The van der Waals surface area contributed by atoms with E-state index in [0.717, 1.165) is 24.8 Å². The zero-order chi connectivity index (χ0) is 29.2. The first-order valence-corrected chi connectivity index (χ1v) is 15.3. The summed E-state index contributed by atoms with van der Waals surface area (Å²) in [7, 11) is 0. The summed E-state index contributed by atoms with van der Waals surface area (Å²) in [5, 5.41) is 54.5. The molecule has 0 aromatic carbocycles. The van der Waals surface area contributed by atoms with Crippen molar-refractivity contribution in [1.82, 2.24) is 0 Å². The molecule has 4 N–H and O–H groups in total. The molecule has 6 rings (SSSR count). The van der Waals surface area contributed by atoms with Gasteiger partial charge in [-0.05, 0) is 81.6 Å². The smallest absolute Gasteiger partial charge is 0.331 e. The molecule has 0 bridgehead atoms. The second-order valence-corrected chi connectivity index (χ2v) is 13.8. The molecule has 2 aliphatic heterocycles. The average Bonchev–Trinajstić information content (AvgIpc) is 3.47. The Balaban J connectivity index is 1.26. The minimum absolute atomic E-state index is 0.00933. The third-order valence-electron chi connectivity index (χ3n) is 12.1. The first kappa shape index (κ1) is 29.2. The van der Waals surface area contributed by atoms with E-state index in [1.54, 1.807) is 13.0 Å². The molecule has 10 nitrogen and oxygen atoms in total. The predicted octanol–water partition coefficient (Wildman–Crippen LogP) is 2.17. The lowest BCUT2D eigenvalue weighted by molar-refractivity contribution is -0.282. The Kier molecular flexibility index (Phi) is 7.40. The molecule has 12 atom stereocenters. The van der Waals surface area contributed by atoms with Gasteiger partial charge in [0.2, 0.25) is 0 Å². The molecule has 4 aliphatic carbocycles. The number of ether oxygens (including phenoxy) is 3. The monoisotopic (exact) mass is 572 g/mol. The molecule has 2 heterocycles. The van der Waals surface area contributed by atoms with Crippen molar-refractivity contribution in [2.75, 3.05) is 13.2 Å². The summed E-state index contributed by atoms with van der Waals surface area (Å²) in [6.45, 7) is 4.19. The van der Waals surface area contributed by atoms with Crippen LogP contribution in [0, 0.1) is 39.9 Å². The third kappa shape index (κ3) is 4.42. The van der Waals surface area contributed by atoms with Crippen molar-refractivity contribution >= 4 is 12.2 Å². The Morgan fingerprint density at radius 1 is 1.15 bits per heavy atom. The number of hydrogen-bond donors (Lipinski definition) is 4. The Morgan fingerprint density at radius 3 is 2.63 bits per heavy atom. The molecule has 41 heavy (non-hydrogen) atoms. The van der Waals surface area contributed by atoms with E-state index in [9.17, 15) is 30.5 Å². The number of esters is 1. The lowest BCUT2D eigenvalue weighted by atomic mass is 9.41. The summed E-state index contributed by atoms with van der Waals surface area (Å²) < 4.78 is 17.3. The zero-order valence-electron chi connectivity index (χ0n) is 24.1. The third-order valence-corrected chi connectivity index (χ3v) is 12.1. The van der Waals surface area contributed by atoms with E-state index in [2.05, 4.69) is 18.0 Å². The number of rotatable bonds is 5. The predicted molar refractivity (Wildman–Crippen MR) is 146 cm³/mol. The molecular formula is C31H44N2O8. The number of cyclic esters (lactones) is 1. The van der Waals surface area contributed by atoms with Crippen LogP contribution in [0.1, 0.15) is 78.1 Å². The summed E-state index contributed by atoms with van der Waals surface area (Å²) in [6.07, 6.45) is 5.97. The molecule has 1 saturated heterocycles. The van der Waals surface area contributed by atoms with Gasteiger partial charge in [-0.3, -0.25) is 4.99 Å². The fourth-order valence-electron chi connectivity index (χ4n) is 10.0. The lowest BCUT2D eigenvalue weighted by Gasteiger charge is -2.66. The normalized spacial score (nSPS) is 51.3. The molecule has 0 aromatic rings. The van der Waals surface area contributed by atoms with Gasteiger partial charge in [-0.2, -0.15) is 5.26 Å². The van der Waals surface area contributed by atoms with E-state index in [4.69, 9.17) is 14.2 Å². The molecule has 0 unspecified atom stereocenters. The van der Waals surface area contributed by atoms with Crippen molar-refractivity contribution in [3.05, 3.63) is 11.6 Å². The van der Waals surface area contributed by atoms with Crippen LogP contribution in [0.3, 0.4) is 0 Å². The maximum atomic E-state index is 12.5. The van der Waals surface area contributed by atoms with Crippen LogP contribution in [-0.4, -0.2) is 87.7 Å². The molecule has 5 fully saturated rings. The van der Waals surface area contributed by atoms with Gasteiger partial charge < -0.3 is 34.6 Å². The maximum absolute atomic E-state index is 12.5. The number of carbonyl (C=O) groups is 1. The maximum Gasteiger partial charge on any atom is 0.331 e. The molecular weight excluding hydrogens is 528 g/mol. The first-order chi connectivity index (χ1) is 19.5. The van der Waals surface area contributed by atoms with Crippen LogP contribution < -0.4 is 0 Å². The number of carbonyl (C=O) groups excluding carboxylic acids is 1. The van der Waals surface area contributed by atoms with E-state index < -0.39 is 46.6 Å². The highest BCUT2D eigenvalue weighted by Crippen LogP contribution is 2.70. The Hall–Kier alpha value is -1.87. The van der Waals surface area contributed by atoms with Gasteiger partial charge in [0, 0.05) is 36.0 Å². The number of nitrogens with zero attached hydrogens (tertiary/aromatic N) is 2. The van der Waals surface area contributed by atoms with Crippen LogP contribution in [0.5, 0.6) is 0 Å². The van der Waals surface area contributed by atoms with Crippen molar-refractivity contribution in [1.29, 1.82) is 5.26 Å². The van der Waals surface area contributed by atoms with Gasteiger partial charge in [-0.25, -0.2) is 4.79 Å². The van der Waals surface area contributed by atoms with E-state index >= 15 is 0 Å². The summed E-state index contributed by atoms with van der Waals surface area (Å²) in [5.41, 5.74) is -2.19. The molecule has 0 radical (unpaired) electrons. The number of aliphatic hydroxyl groups excluding tert-OH is 2. The largest absolute Gasteiger partial charge is 0.458 e. The highest BCUT2D eigenvalue weighted by Gasteiger charge is 2.71. The van der Waals surface area contributed by atoms with E-state index in [1.807, 2.05) is 6.21 Å². The summed E-state index contributed by atoms with van der Waals surface area (Å²) in [4.78, 5) is 16.4. The number of nitriles is 1. The second kappa shape index (κ2) is 10.4. The molecule has 226 valence electrons. The van der Waals surface area contributed by atoms with Crippen LogP contribution >= 0.6 is 0 Å². The molecule has 4 saturated carbocycles. The highest BCUT2D eigenvalue weighted by atomic mass is 16.7. The number of hydrogen-bond acceptors (Lipinski definition) is 10. The van der Waals surface area contributed by atoms with Gasteiger partial charge >= 0.3 is 5.97 Å². The van der Waals surface area contributed by atoms with E-state index in [0.29, 0.717) is 45.1 Å². The highest BCUT2D eigenvalue weighted by molar-refractivity contribution is 5.85. The zero-order valence-corrected chi connectivity index (χ0v) is 24.1. The van der Waals surface area contributed by atoms with Crippen molar-refractivity contribution < 1.29 is 39.4 Å². The van der Waals surface area contributed by atoms with E-state index in [-0.39, 0.29) is 42.8 Å². The topological polar surface area (TPSA) is 162 Å². The Bertz CT molecular complexity index is 1140. The Labute approximate surface area is 241 Å². The van der Waals surface area contributed by atoms with Gasteiger partial charge in [0.05, 0.1) is 35.6 Å². The van der Waals surface area contributed by atoms with Crippen LogP contribution in [0.15, 0.2) is 16.6 Å². The van der Waals surface area contributed by atoms with Crippen LogP contribution in [-0.2, 0) is 19.0 Å². The first-order valence-electron chi connectivity index (χ1n) is 15.3.